The summed E-state index contributed by atoms with van der Waals surface area (Å²) in [6, 6.07) is 0. The number of hydrogen-bond acceptors (Lipinski definition) is 1. The van der Waals surface area contributed by atoms with Gasteiger partial charge in [0, 0.05) is 23.0 Å². The minimum Gasteiger partial charge on any atom is -0.296 e. The minimum absolute atomic E-state index is 0.196. The second kappa shape index (κ2) is 2.89. The summed E-state index contributed by atoms with van der Waals surface area (Å²) in [4.78, 5) is 1.76. The lowest BCUT2D eigenvalue weighted by molar-refractivity contribution is 0.107. The molecule has 2 saturated carbocycles. The molecule has 0 aromatic carbocycles. The quantitative estimate of drug-likeness (QED) is 0.716. The Morgan fingerprint density at radius 2 is 2.18 bits per heavy atom. The number of alkyl halides is 1. The fraction of sp³-hybridized carbons (Fsp3) is 1.00. The number of nitrogens with zero attached hydrogens (tertiary/aromatic N) is 1. The van der Waals surface area contributed by atoms with Gasteiger partial charge in [0.25, 0.3) is 0 Å². The van der Waals surface area contributed by atoms with E-state index in [-0.39, 0.29) is 11.3 Å². The van der Waals surface area contributed by atoms with Gasteiger partial charge in [0.05, 0.1) is 0 Å². The molecule has 2 aliphatic carbocycles. The molecule has 0 aromatic rings. The van der Waals surface area contributed by atoms with E-state index in [1.54, 1.807) is 4.90 Å². The lowest BCUT2D eigenvalue weighted by Gasteiger charge is -2.39. The van der Waals surface area contributed by atoms with Gasteiger partial charge in [0.15, 0.2) is 0 Å². The van der Waals surface area contributed by atoms with Crippen molar-refractivity contribution in [1.82, 2.24) is 4.90 Å². The molecule has 0 bridgehead atoms. The molecule has 2 heteroatoms. The highest BCUT2D eigenvalue weighted by atomic mass is 19.1. The largest absolute Gasteiger partial charge is 0.296 e. The van der Waals surface area contributed by atoms with Crippen LogP contribution in [0.25, 0.3) is 0 Å². The molecule has 2 heterocycles. The number of fused-ring (bicyclic) bond motifs is 2. The van der Waals surface area contributed by atoms with E-state index >= 15 is 0 Å². The SMILES string of the molecule is [2H]C1([2H])CC2(CC2)[C@@]2(C([2H])([2H])C(C)C)C[C@]3(C[C@H]3F)CN12. The topological polar surface area (TPSA) is 3.24 Å². The van der Waals surface area contributed by atoms with Crippen LogP contribution in [0.1, 0.15) is 57.8 Å². The zero-order chi connectivity index (χ0) is 15.5. The van der Waals surface area contributed by atoms with Crippen molar-refractivity contribution in [3.8, 4) is 0 Å². The van der Waals surface area contributed by atoms with Gasteiger partial charge < -0.3 is 0 Å². The molecule has 4 fully saturated rings. The summed E-state index contributed by atoms with van der Waals surface area (Å²) in [7, 11) is 0. The summed E-state index contributed by atoms with van der Waals surface area (Å²) in [5, 5.41) is 0. The summed E-state index contributed by atoms with van der Waals surface area (Å²) in [6.45, 7) is 2.66. The first-order chi connectivity index (χ1) is 9.53. The molecule has 2 spiro atoms. The van der Waals surface area contributed by atoms with Crippen molar-refractivity contribution in [2.24, 2.45) is 16.7 Å². The normalized spacial score (nSPS) is 57.8. The molecule has 3 atom stereocenters. The summed E-state index contributed by atoms with van der Waals surface area (Å²) in [5.74, 6) is -0.196. The van der Waals surface area contributed by atoms with E-state index in [0.717, 1.165) is 12.8 Å². The van der Waals surface area contributed by atoms with E-state index in [2.05, 4.69) is 0 Å². The van der Waals surface area contributed by atoms with Gasteiger partial charge in [0.2, 0.25) is 0 Å². The van der Waals surface area contributed by atoms with E-state index in [1.165, 1.54) is 0 Å². The molecule has 0 aromatic heterocycles. The summed E-state index contributed by atoms with van der Waals surface area (Å²) < 4.78 is 48.4. The van der Waals surface area contributed by atoms with Gasteiger partial charge in [-0.3, -0.25) is 4.90 Å². The maximum atomic E-state index is 14.0. The fourth-order valence-corrected chi connectivity index (χ4v) is 4.31. The third kappa shape index (κ3) is 1.18. The molecule has 17 heavy (non-hydrogen) atoms. The smallest absolute Gasteiger partial charge is 0.108 e. The molecule has 0 N–H and O–H groups in total. The fourth-order valence-electron chi connectivity index (χ4n) is 4.31. The average Bonchev–Trinajstić information content (AvgIpc) is 3.16. The highest BCUT2D eigenvalue weighted by Gasteiger charge is 2.74. The van der Waals surface area contributed by atoms with Crippen molar-refractivity contribution in [2.45, 2.75) is 64.0 Å². The van der Waals surface area contributed by atoms with Gasteiger partial charge in [0.1, 0.15) is 6.17 Å². The molecular formula is C15H24FN. The van der Waals surface area contributed by atoms with Crippen LogP contribution in [0.5, 0.6) is 0 Å². The maximum Gasteiger partial charge on any atom is 0.108 e. The number of halogens is 1. The van der Waals surface area contributed by atoms with Crippen LogP contribution in [-0.2, 0) is 0 Å². The molecule has 0 unspecified atom stereocenters. The van der Waals surface area contributed by atoms with E-state index in [4.69, 9.17) is 5.48 Å². The second-order valence-corrected chi connectivity index (χ2v) is 7.07. The predicted octanol–water partition coefficient (Wildman–Crippen LogP) is 3.39. The molecule has 0 amide bonds. The predicted molar refractivity (Wildman–Crippen MR) is 66.6 cm³/mol. The van der Waals surface area contributed by atoms with Crippen molar-refractivity contribution in [3.63, 3.8) is 0 Å². The van der Waals surface area contributed by atoms with Crippen molar-refractivity contribution >= 4 is 0 Å². The molecule has 4 rings (SSSR count). The van der Waals surface area contributed by atoms with Crippen molar-refractivity contribution in [3.05, 3.63) is 0 Å². The zero-order valence-corrected chi connectivity index (χ0v) is 10.7. The molecule has 4 aliphatic rings. The third-order valence-electron chi connectivity index (χ3n) is 5.50. The van der Waals surface area contributed by atoms with Gasteiger partial charge in [-0.25, -0.2) is 4.39 Å². The molecule has 96 valence electrons. The Morgan fingerprint density at radius 1 is 1.47 bits per heavy atom. The van der Waals surface area contributed by atoms with E-state index in [1.807, 2.05) is 13.8 Å². The van der Waals surface area contributed by atoms with E-state index in [0.29, 0.717) is 25.8 Å². The maximum absolute atomic E-state index is 14.0. The molecule has 2 aliphatic heterocycles. The Hall–Kier alpha value is -0.110. The first kappa shape index (κ1) is 7.47. The minimum atomic E-state index is -1.50. The molecular weight excluding hydrogens is 213 g/mol. The highest BCUT2D eigenvalue weighted by molar-refractivity contribution is 5.27. The van der Waals surface area contributed by atoms with Gasteiger partial charge in [-0.05, 0) is 56.3 Å². The second-order valence-electron chi connectivity index (χ2n) is 7.07. The Balaban J connectivity index is 1.87. The zero-order valence-electron chi connectivity index (χ0n) is 14.7. The van der Waals surface area contributed by atoms with Crippen molar-refractivity contribution < 1.29 is 9.87 Å². The van der Waals surface area contributed by atoms with Crippen LogP contribution in [0, 0.1) is 16.7 Å². The van der Waals surface area contributed by atoms with E-state index < -0.39 is 30.0 Å². The van der Waals surface area contributed by atoms with Crippen molar-refractivity contribution in [2.75, 3.05) is 13.0 Å². The summed E-state index contributed by atoms with van der Waals surface area (Å²) in [6.07, 6.45) is 0.843. The van der Waals surface area contributed by atoms with E-state index in [9.17, 15) is 4.39 Å². The summed E-state index contributed by atoms with van der Waals surface area (Å²) in [5.41, 5.74) is -1.54. The summed E-state index contributed by atoms with van der Waals surface area (Å²) >= 11 is 0. The molecule has 2 saturated heterocycles. The van der Waals surface area contributed by atoms with Crippen LogP contribution in [0.15, 0.2) is 0 Å². The van der Waals surface area contributed by atoms with Crippen LogP contribution >= 0.6 is 0 Å². The Bertz CT molecular complexity index is 504. The van der Waals surface area contributed by atoms with Crippen LogP contribution in [0.4, 0.5) is 4.39 Å². The Morgan fingerprint density at radius 3 is 2.71 bits per heavy atom. The van der Waals surface area contributed by atoms with Gasteiger partial charge in [-0.2, -0.15) is 0 Å². The Kier molecular flexibility index (Phi) is 1.27. The van der Waals surface area contributed by atoms with Gasteiger partial charge in [-0.15, -0.1) is 0 Å². The number of hydrogen-bond donors (Lipinski definition) is 0. The van der Waals surface area contributed by atoms with Crippen LogP contribution < -0.4 is 0 Å². The highest BCUT2D eigenvalue weighted by Crippen LogP contribution is 2.73. The van der Waals surface area contributed by atoms with Gasteiger partial charge in [-0.1, -0.05) is 13.8 Å². The van der Waals surface area contributed by atoms with Crippen molar-refractivity contribution in [1.29, 1.82) is 0 Å². The first-order valence-corrected chi connectivity index (χ1v) is 6.95. The van der Waals surface area contributed by atoms with Crippen LogP contribution in [0.3, 0.4) is 0 Å². The lowest BCUT2D eigenvalue weighted by atomic mass is 9.72. The average molecular weight is 241 g/mol. The third-order valence-corrected chi connectivity index (χ3v) is 5.50. The lowest BCUT2D eigenvalue weighted by Crippen LogP contribution is -2.45. The standard InChI is InChI=1S/C15H24FN/c1-11(2)7-15-9-13(8-12(13)16)10-17(15)6-5-14(15)3-4-14/h11-12H,3-10H2,1-2H3/t12-,13-,15-/m1/s1/i6D2,7D2. The van der Waals surface area contributed by atoms with Crippen LogP contribution in [-0.4, -0.2) is 29.7 Å². The molecule has 0 radical (unpaired) electrons. The van der Waals surface area contributed by atoms with Crippen LogP contribution in [0.2, 0.25) is 0 Å². The monoisotopic (exact) mass is 241 g/mol. The number of rotatable bonds is 2. The van der Waals surface area contributed by atoms with Gasteiger partial charge >= 0.3 is 0 Å². The molecule has 1 nitrogen and oxygen atoms in total. The Labute approximate surface area is 109 Å². The first-order valence-electron chi connectivity index (χ1n) is 8.95.